The third-order valence-corrected chi connectivity index (χ3v) is 7.14. The van der Waals surface area contributed by atoms with Crippen molar-refractivity contribution in [1.29, 1.82) is 0 Å². The van der Waals surface area contributed by atoms with Crippen molar-refractivity contribution in [3.8, 4) is 0 Å². The van der Waals surface area contributed by atoms with Crippen molar-refractivity contribution in [3.05, 3.63) is 78.4 Å². The SMILES string of the molecule is NC(=NCc1cccc2ccccc12)NC(=O)[N+]1(c2ccccc2)CNC(=O)C12CCNCC2. The Labute approximate surface area is 198 Å². The van der Waals surface area contributed by atoms with Crippen molar-refractivity contribution in [2.75, 3.05) is 19.8 Å². The number of quaternary nitrogens is 1. The summed E-state index contributed by atoms with van der Waals surface area (Å²) in [5.41, 5.74) is 7.09. The highest BCUT2D eigenvalue weighted by Crippen LogP contribution is 2.42. The van der Waals surface area contributed by atoms with Gasteiger partial charge in [0.1, 0.15) is 5.69 Å². The Morgan fingerprint density at radius 2 is 1.71 bits per heavy atom. The van der Waals surface area contributed by atoms with Gasteiger partial charge in [-0.25, -0.2) is 15.1 Å². The molecule has 5 rings (SSSR count). The number of hydrogen-bond donors (Lipinski definition) is 4. The van der Waals surface area contributed by atoms with Crippen LogP contribution in [0.15, 0.2) is 77.8 Å². The molecule has 0 aromatic heterocycles. The van der Waals surface area contributed by atoms with Gasteiger partial charge in [-0.15, -0.1) is 0 Å². The number of nitrogens with zero attached hydrogens (tertiary/aromatic N) is 2. The molecule has 0 saturated carbocycles. The van der Waals surface area contributed by atoms with Crippen LogP contribution < -0.4 is 26.2 Å². The molecule has 2 aliphatic heterocycles. The summed E-state index contributed by atoms with van der Waals surface area (Å²) in [6.07, 6.45) is 1.10. The number of guanidine groups is 1. The molecule has 1 unspecified atom stereocenters. The third-order valence-electron chi connectivity index (χ3n) is 7.14. The fourth-order valence-corrected chi connectivity index (χ4v) is 5.38. The minimum atomic E-state index is -0.896. The Kier molecular flexibility index (Phi) is 5.77. The first-order chi connectivity index (χ1) is 16.6. The van der Waals surface area contributed by atoms with Crippen molar-refractivity contribution < 1.29 is 9.59 Å². The molecule has 3 amide bonds. The number of nitrogens with one attached hydrogen (secondary N) is 3. The number of benzene rings is 3. The number of hydrogen-bond acceptors (Lipinski definition) is 4. The predicted molar refractivity (Wildman–Crippen MR) is 134 cm³/mol. The van der Waals surface area contributed by atoms with Crippen LogP contribution in [-0.4, -0.2) is 43.2 Å². The standard InChI is InChI=1S/C26H28N6O2/c27-24(29-17-20-9-6-8-19-7-4-5-12-22(19)20)31-25(34)32(21-10-2-1-3-11-21)18-30-23(33)26(32)13-15-28-16-14-26/h1-12,28H,13-18H2,(H3-,27,29,30,31,33,34)/p+1. The average Bonchev–Trinajstić information content (AvgIpc) is 3.15. The largest absolute Gasteiger partial charge is 0.430 e. The normalized spacial score (nSPS) is 22.0. The minimum Gasteiger partial charge on any atom is -0.369 e. The molecule has 34 heavy (non-hydrogen) atoms. The molecule has 0 bridgehead atoms. The Morgan fingerprint density at radius 3 is 2.50 bits per heavy atom. The van der Waals surface area contributed by atoms with Crippen LogP contribution in [0.4, 0.5) is 10.5 Å². The van der Waals surface area contributed by atoms with E-state index in [2.05, 4.69) is 33.1 Å². The Balaban J connectivity index is 1.46. The number of carbonyl (C=O) groups is 2. The van der Waals surface area contributed by atoms with Gasteiger partial charge < -0.3 is 16.4 Å². The second kappa shape index (κ2) is 8.89. The lowest BCUT2D eigenvalue weighted by Crippen LogP contribution is -2.73. The maximum Gasteiger partial charge on any atom is 0.430 e. The Hall–Kier alpha value is -3.75. The smallest absolute Gasteiger partial charge is 0.369 e. The van der Waals surface area contributed by atoms with Crippen LogP contribution in [0.3, 0.4) is 0 Å². The predicted octanol–water partition coefficient (Wildman–Crippen LogP) is 2.58. The summed E-state index contributed by atoms with van der Waals surface area (Å²) in [6, 6.07) is 23.2. The van der Waals surface area contributed by atoms with E-state index in [0.717, 1.165) is 22.0 Å². The molecular weight excluding hydrogens is 428 g/mol. The molecule has 174 valence electrons. The van der Waals surface area contributed by atoms with Crippen LogP contribution in [-0.2, 0) is 11.3 Å². The highest BCUT2D eigenvalue weighted by atomic mass is 16.2. The quantitative estimate of drug-likeness (QED) is 0.275. The van der Waals surface area contributed by atoms with E-state index in [1.165, 1.54) is 0 Å². The first-order valence-corrected chi connectivity index (χ1v) is 11.6. The molecule has 0 radical (unpaired) electrons. The van der Waals surface area contributed by atoms with Gasteiger partial charge in [0.2, 0.25) is 0 Å². The molecule has 2 aliphatic rings. The van der Waals surface area contributed by atoms with Gasteiger partial charge in [-0.05, 0) is 28.5 Å². The summed E-state index contributed by atoms with van der Waals surface area (Å²) in [7, 11) is 0. The number of aliphatic imine (C=N–C) groups is 1. The average molecular weight is 458 g/mol. The lowest BCUT2D eigenvalue weighted by atomic mass is 9.84. The third kappa shape index (κ3) is 3.52. The molecule has 8 nitrogen and oxygen atoms in total. The number of rotatable bonds is 3. The van der Waals surface area contributed by atoms with Crippen molar-refractivity contribution >= 4 is 34.4 Å². The Bertz CT molecular complexity index is 1250. The maximum atomic E-state index is 13.9. The number of fused-ring (bicyclic) bond motifs is 1. The van der Waals surface area contributed by atoms with Gasteiger partial charge in [-0.2, -0.15) is 4.48 Å². The van der Waals surface area contributed by atoms with Crippen LogP contribution in [0.5, 0.6) is 0 Å². The van der Waals surface area contributed by atoms with Gasteiger partial charge >= 0.3 is 6.03 Å². The molecule has 3 aromatic carbocycles. The van der Waals surface area contributed by atoms with Crippen molar-refractivity contribution in [2.24, 2.45) is 10.7 Å². The van der Waals surface area contributed by atoms with E-state index >= 15 is 0 Å². The zero-order chi connectivity index (χ0) is 23.6. The molecule has 8 heteroatoms. The van der Waals surface area contributed by atoms with Gasteiger partial charge in [-0.1, -0.05) is 60.7 Å². The molecule has 2 saturated heterocycles. The molecular formula is C26H29N6O2+. The molecule has 2 heterocycles. The van der Waals surface area contributed by atoms with E-state index in [-0.39, 0.29) is 29.0 Å². The minimum absolute atomic E-state index is 0.0369. The molecule has 1 atom stereocenters. The molecule has 0 aliphatic carbocycles. The second-order valence-electron chi connectivity index (χ2n) is 8.86. The first-order valence-electron chi connectivity index (χ1n) is 11.6. The van der Waals surface area contributed by atoms with Crippen LogP contribution in [0.1, 0.15) is 18.4 Å². The van der Waals surface area contributed by atoms with Gasteiger partial charge in [0.25, 0.3) is 5.91 Å². The highest BCUT2D eigenvalue weighted by Gasteiger charge is 2.66. The van der Waals surface area contributed by atoms with Gasteiger partial charge in [0.05, 0.1) is 6.54 Å². The zero-order valence-electron chi connectivity index (χ0n) is 19.0. The monoisotopic (exact) mass is 457 g/mol. The van der Waals surface area contributed by atoms with Crippen LogP contribution in [0, 0.1) is 0 Å². The fourth-order valence-electron chi connectivity index (χ4n) is 5.38. The lowest BCUT2D eigenvalue weighted by Gasteiger charge is -2.44. The van der Waals surface area contributed by atoms with E-state index < -0.39 is 5.54 Å². The summed E-state index contributed by atoms with van der Waals surface area (Å²) in [5, 5.41) is 11.3. The Morgan fingerprint density at radius 1 is 1.00 bits per heavy atom. The second-order valence-corrected chi connectivity index (χ2v) is 8.86. The molecule has 2 fully saturated rings. The van der Waals surface area contributed by atoms with Gasteiger partial charge in [-0.3, -0.25) is 4.79 Å². The van der Waals surface area contributed by atoms with E-state index in [9.17, 15) is 9.59 Å². The van der Waals surface area contributed by atoms with Gasteiger partial charge in [0, 0.05) is 25.9 Å². The van der Waals surface area contributed by atoms with Gasteiger partial charge in [0.15, 0.2) is 18.2 Å². The number of para-hydroxylation sites is 1. The lowest BCUT2D eigenvalue weighted by molar-refractivity contribution is -0.126. The molecule has 3 aromatic rings. The van der Waals surface area contributed by atoms with E-state index in [0.29, 0.717) is 32.5 Å². The number of amides is 3. The molecule has 1 spiro atoms. The van der Waals surface area contributed by atoms with Crippen molar-refractivity contribution in [3.63, 3.8) is 0 Å². The molecule has 5 N–H and O–H groups in total. The fraction of sp³-hybridized carbons (Fsp3) is 0.269. The highest BCUT2D eigenvalue weighted by molar-refractivity contribution is 6.07. The summed E-state index contributed by atoms with van der Waals surface area (Å²) in [4.78, 5) is 31.5. The van der Waals surface area contributed by atoms with Crippen LogP contribution in [0.25, 0.3) is 10.8 Å². The van der Waals surface area contributed by atoms with E-state index in [1.54, 1.807) is 0 Å². The van der Waals surface area contributed by atoms with Crippen LogP contribution in [0.2, 0.25) is 0 Å². The topological polar surface area (TPSA) is 109 Å². The maximum absolute atomic E-state index is 13.9. The number of piperidine rings is 1. The number of carbonyl (C=O) groups excluding carboxylic acids is 2. The number of urea groups is 1. The summed E-state index contributed by atoms with van der Waals surface area (Å²) >= 11 is 0. The summed E-state index contributed by atoms with van der Waals surface area (Å²) < 4.78 is -0.168. The van der Waals surface area contributed by atoms with Crippen molar-refractivity contribution in [1.82, 2.24) is 20.4 Å². The van der Waals surface area contributed by atoms with E-state index in [1.807, 2.05) is 60.7 Å². The summed E-state index contributed by atoms with van der Waals surface area (Å²) in [5.74, 6) is -0.0610. The zero-order valence-corrected chi connectivity index (χ0v) is 19.0. The van der Waals surface area contributed by atoms with Crippen LogP contribution >= 0.6 is 0 Å². The summed E-state index contributed by atoms with van der Waals surface area (Å²) in [6.45, 7) is 1.84. The first kappa shape index (κ1) is 22.1. The van der Waals surface area contributed by atoms with Crippen molar-refractivity contribution in [2.45, 2.75) is 24.9 Å². The number of nitrogens with two attached hydrogens (primary N) is 1. The van der Waals surface area contributed by atoms with E-state index in [4.69, 9.17) is 5.73 Å².